The van der Waals surface area contributed by atoms with Crippen molar-refractivity contribution in [3.63, 3.8) is 0 Å². The number of aromatic hydroxyl groups is 1. The van der Waals surface area contributed by atoms with E-state index in [1.54, 1.807) is 0 Å². The summed E-state index contributed by atoms with van der Waals surface area (Å²) in [5.41, 5.74) is -1.42. The van der Waals surface area contributed by atoms with Gasteiger partial charge in [0, 0.05) is 12.1 Å². The lowest BCUT2D eigenvalue weighted by molar-refractivity contribution is 0.0684. The van der Waals surface area contributed by atoms with Crippen LogP contribution in [0.1, 0.15) is 10.5 Å². The molecule has 0 spiro atoms. The highest BCUT2D eigenvalue weighted by molar-refractivity contribution is 9.10. The van der Waals surface area contributed by atoms with Gasteiger partial charge in [0.2, 0.25) is 5.69 Å². The molecule has 2 aromatic rings. The fraction of sp³-hybridized carbons (Fsp3) is 0. The molecule has 0 saturated carbocycles. The maximum absolute atomic E-state index is 13.4. The van der Waals surface area contributed by atoms with Gasteiger partial charge in [0.15, 0.2) is 5.75 Å². The van der Waals surface area contributed by atoms with Crippen molar-refractivity contribution in [1.29, 1.82) is 0 Å². The second-order valence-electron chi connectivity index (χ2n) is 3.53. The van der Waals surface area contributed by atoms with E-state index in [-0.39, 0.29) is 10.2 Å². The third-order valence-electron chi connectivity index (χ3n) is 2.26. The van der Waals surface area contributed by atoms with Gasteiger partial charge in [-0.05, 0) is 28.1 Å². The molecule has 0 fully saturated rings. The number of aromatic nitrogens is 2. The fourth-order valence-electron chi connectivity index (χ4n) is 1.40. The molecule has 1 aromatic carbocycles. The summed E-state index contributed by atoms with van der Waals surface area (Å²) >= 11 is 2.95. The van der Waals surface area contributed by atoms with Crippen LogP contribution in [0.15, 0.2) is 33.5 Å². The highest BCUT2D eigenvalue weighted by atomic mass is 79.9. The maximum Gasteiger partial charge on any atom is 0.360 e. The number of aromatic carboxylic acids is 1. The average molecular weight is 329 g/mol. The van der Waals surface area contributed by atoms with E-state index in [1.165, 1.54) is 12.1 Å². The van der Waals surface area contributed by atoms with Crippen molar-refractivity contribution >= 4 is 21.9 Å². The first-order valence-electron chi connectivity index (χ1n) is 4.92. The van der Waals surface area contributed by atoms with Crippen LogP contribution >= 0.6 is 15.9 Å². The van der Waals surface area contributed by atoms with E-state index >= 15 is 0 Å². The van der Waals surface area contributed by atoms with Crippen LogP contribution in [0.2, 0.25) is 0 Å². The number of benzene rings is 1. The minimum atomic E-state index is -1.50. The van der Waals surface area contributed by atoms with Gasteiger partial charge >= 0.3 is 5.97 Å². The first-order chi connectivity index (χ1) is 8.90. The molecule has 0 saturated heterocycles. The predicted octanol–water partition coefficient (Wildman–Crippen LogP) is 1.54. The summed E-state index contributed by atoms with van der Waals surface area (Å²) in [7, 11) is 0. The highest BCUT2D eigenvalue weighted by Gasteiger charge is 2.16. The van der Waals surface area contributed by atoms with Crippen LogP contribution in [-0.2, 0) is 0 Å². The SMILES string of the molecule is O=C(O)c1nn(-c2ccc(Br)c(F)c2)c(=O)cc1O. The van der Waals surface area contributed by atoms with Gasteiger partial charge in [-0.15, -0.1) is 0 Å². The molecule has 2 N–H and O–H groups in total. The quantitative estimate of drug-likeness (QED) is 0.872. The zero-order valence-electron chi connectivity index (χ0n) is 9.17. The van der Waals surface area contributed by atoms with Crippen LogP contribution in [-0.4, -0.2) is 26.0 Å². The molecule has 0 aliphatic rings. The number of hydrogen-bond donors (Lipinski definition) is 2. The normalized spacial score (nSPS) is 10.4. The Kier molecular flexibility index (Phi) is 3.34. The van der Waals surface area contributed by atoms with E-state index in [0.29, 0.717) is 10.7 Å². The molecule has 0 bridgehead atoms. The summed E-state index contributed by atoms with van der Waals surface area (Å²) in [6, 6.07) is 4.45. The molecule has 0 atom stereocenters. The Morgan fingerprint density at radius 3 is 2.63 bits per heavy atom. The zero-order chi connectivity index (χ0) is 14.2. The summed E-state index contributed by atoms with van der Waals surface area (Å²) < 4.78 is 14.3. The number of nitrogens with zero attached hydrogens (tertiary/aromatic N) is 2. The van der Waals surface area contributed by atoms with Crippen molar-refractivity contribution in [3.8, 4) is 11.4 Å². The molecule has 8 heteroatoms. The average Bonchev–Trinajstić information content (AvgIpc) is 2.32. The van der Waals surface area contributed by atoms with Gasteiger partial charge in [-0.1, -0.05) is 0 Å². The van der Waals surface area contributed by atoms with E-state index in [4.69, 9.17) is 5.11 Å². The van der Waals surface area contributed by atoms with E-state index in [2.05, 4.69) is 21.0 Å². The molecule has 0 radical (unpaired) electrons. The van der Waals surface area contributed by atoms with Crippen LogP contribution in [0, 0.1) is 5.82 Å². The third-order valence-corrected chi connectivity index (χ3v) is 2.91. The largest absolute Gasteiger partial charge is 0.505 e. The number of carboxylic acids is 1. The van der Waals surface area contributed by atoms with Gasteiger partial charge in [0.05, 0.1) is 10.2 Å². The lowest BCUT2D eigenvalue weighted by atomic mass is 10.3. The lowest BCUT2D eigenvalue weighted by Gasteiger charge is -2.07. The number of carboxylic acid groups (broad SMARTS) is 1. The second kappa shape index (κ2) is 4.81. The molecule has 1 aromatic heterocycles. The summed E-state index contributed by atoms with van der Waals surface area (Å²) in [4.78, 5) is 22.4. The van der Waals surface area contributed by atoms with Gasteiger partial charge < -0.3 is 10.2 Å². The van der Waals surface area contributed by atoms with E-state index in [0.717, 1.165) is 6.07 Å². The second-order valence-corrected chi connectivity index (χ2v) is 4.39. The van der Waals surface area contributed by atoms with Gasteiger partial charge in [-0.2, -0.15) is 9.78 Å². The number of halogens is 2. The van der Waals surface area contributed by atoms with Crippen molar-refractivity contribution < 1.29 is 19.4 Å². The Labute approximate surface area is 113 Å². The Morgan fingerprint density at radius 2 is 2.05 bits per heavy atom. The molecule has 6 nitrogen and oxygen atoms in total. The van der Waals surface area contributed by atoms with Crippen LogP contribution < -0.4 is 5.56 Å². The topological polar surface area (TPSA) is 92.4 Å². The van der Waals surface area contributed by atoms with Crippen molar-refractivity contribution in [1.82, 2.24) is 9.78 Å². The summed E-state index contributed by atoms with van der Waals surface area (Å²) in [6.45, 7) is 0. The molecule has 2 rings (SSSR count). The molecular formula is C11H6BrFN2O4. The molecule has 98 valence electrons. The van der Waals surface area contributed by atoms with Crippen molar-refractivity contribution in [2.75, 3.05) is 0 Å². The first-order valence-corrected chi connectivity index (χ1v) is 5.71. The Morgan fingerprint density at radius 1 is 1.37 bits per heavy atom. The van der Waals surface area contributed by atoms with E-state index in [9.17, 15) is 19.1 Å². The highest BCUT2D eigenvalue weighted by Crippen LogP contribution is 2.18. The molecule has 0 aliphatic carbocycles. The van der Waals surface area contributed by atoms with Crippen LogP contribution in [0.3, 0.4) is 0 Å². The van der Waals surface area contributed by atoms with E-state index < -0.39 is 28.8 Å². The van der Waals surface area contributed by atoms with Crippen molar-refractivity contribution in [2.45, 2.75) is 0 Å². The Balaban J connectivity index is 2.68. The predicted molar refractivity (Wildman–Crippen MR) is 66.1 cm³/mol. The summed E-state index contributed by atoms with van der Waals surface area (Å²) in [5.74, 6) is -2.87. The molecule has 0 amide bonds. The third kappa shape index (κ3) is 2.48. The monoisotopic (exact) mass is 328 g/mol. The molecule has 1 heterocycles. The molecule has 19 heavy (non-hydrogen) atoms. The number of hydrogen-bond acceptors (Lipinski definition) is 4. The molecule has 0 aliphatic heterocycles. The van der Waals surface area contributed by atoms with Gasteiger partial charge in [0.25, 0.3) is 5.56 Å². The standard InChI is InChI=1S/C11H6BrFN2O4/c12-6-2-1-5(3-7(6)13)15-9(17)4-8(16)10(14-15)11(18)19/h1-4,16H,(H,18,19). The zero-order valence-corrected chi connectivity index (χ0v) is 10.8. The first kappa shape index (κ1) is 13.2. The van der Waals surface area contributed by atoms with Gasteiger partial charge in [-0.25, -0.2) is 9.18 Å². The van der Waals surface area contributed by atoms with E-state index in [1.807, 2.05) is 0 Å². The molecular weight excluding hydrogens is 323 g/mol. The molecule has 0 unspecified atom stereocenters. The number of carbonyl (C=O) groups is 1. The van der Waals surface area contributed by atoms with Crippen LogP contribution in [0.5, 0.6) is 5.75 Å². The Hall–Kier alpha value is -2.22. The smallest absolute Gasteiger partial charge is 0.360 e. The minimum absolute atomic E-state index is 0.0493. The maximum atomic E-state index is 13.4. The lowest BCUT2D eigenvalue weighted by Crippen LogP contribution is -2.23. The Bertz CT molecular complexity index is 729. The van der Waals surface area contributed by atoms with Gasteiger partial charge in [-0.3, -0.25) is 4.79 Å². The van der Waals surface area contributed by atoms with Gasteiger partial charge in [0.1, 0.15) is 5.82 Å². The summed E-state index contributed by atoms with van der Waals surface area (Å²) in [6.07, 6.45) is 0. The van der Waals surface area contributed by atoms with Crippen LogP contribution in [0.25, 0.3) is 5.69 Å². The van der Waals surface area contributed by atoms with Crippen molar-refractivity contribution in [3.05, 3.63) is 50.6 Å². The van der Waals surface area contributed by atoms with Crippen molar-refractivity contribution in [2.24, 2.45) is 0 Å². The summed E-state index contributed by atoms with van der Waals surface area (Å²) in [5, 5.41) is 21.6. The fourth-order valence-corrected chi connectivity index (χ4v) is 1.65. The minimum Gasteiger partial charge on any atom is -0.505 e. The van der Waals surface area contributed by atoms with Crippen LogP contribution in [0.4, 0.5) is 4.39 Å². The number of rotatable bonds is 2.